The van der Waals surface area contributed by atoms with Crippen molar-refractivity contribution in [1.82, 2.24) is 14.5 Å². The van der Waals surface area contributed by atoms with E-state index >= 15 is 0 Å². The number of aliphatic hydroxyl groups is 1. The Labute approximate surface area is 131 Å². The van der Waals surface area contributed by atoms with Gasteiger partial charge in [0.25, 0.3) is 0 Å². The second-order valence-corrected chi connectivity index (χ2v) is 6.10. The van der Waals surface area contributed by atoms with Crippen LogP contribution in [0, 0.1) is 6.92 Å². The molecular formula is C17H25N3O2. The van der Waals surface area contributed by atoms with Gasteiger partial charge in [0.2, 0.25) is 0 Å². The van der Waals surface area contributed by atoms with Gasteiger partial charge in [-0.25, -0.2) is 4.98 Å². The Morgan fingerprint density at radius 2 is 2.18 bits per heavy atom. The van der Waals surface area contributed by atoms with Gasteiger partial charge in [-0.05, 0) is 44.9 Å². The number of aromatic nitrogens is 2. The molecule has 0 aliphatic carbocycles. The van der Waals surface area contributed by atoms with Crippen molar-refractivity contribution in [3.05, 3.63) is 41.9 Å². The zero-order valence-corrected chi connectivity index (χ0v) is 13.2. The van der Waals surface area contributed by atoms with Crippen molar-refractivity contribution in [3.63, 3.8) is 0 Å². The van der Waals surface area contributed by atoms with Crippen molar-refractivity contribution >= 4 is 0 Å². The maximum absolute atomic E-state index is 9.11. The number of likely N-dealkylation sites (tertiary alicyclic amines) is 1. The van der Waals surface area contributed by atoms with Crippen LogP contribution in [0.1, 0.15) is 43.0 Å². The third-order valence-electron chi connectivity index (χ3n) is 4.61. The number of aliphatic hydroxyl groups excluding tert-OH is 1. The lowest BCUT2D eigenvalue weighted by atomic mass is 9.99. The van der Waals surface area contributed by atoms with E-state index in [0.29, 0.717) is 11.8 Å². The molecule has 1 aliphatic rings. The molecule has 3 rings (SSSR count). The van der Waals surface area contributed by atoms with Crippen LogP contribution in [-0.4, -0.2) is 32.1 Å². The number of hydrogen-bond donors (Lipinski definition) is 1. The lowest BCUT2D eigenvalue weighted by molar-refractivity contribution is 0.117. The standard InChI is InChI=1S/C17H25N3O2/c1-14-18-8-11-19(14)10-7-15-4-2-3-9-20(15)12-16-5-6-17(13-21)22-16/h5-6,8,11,15,21H,2-4,7,9-10,12-13H2,1H3. The van der Waals surface area contributed by atoms with Gasteiger partial charge >= 0.3 is 0 Å². The highest BCUT2D eigenvalue weighted by molar-refractivity contribution is 5.06. The van der Waals surface area contributed by atoms with Gasteiger partial charge in [0.1, 0.15) is 24.0 Å². The van der Waals surface area contributed by atoms with Crippen molar-refractivity contribution in [1.29, 1.82) is 0 Å². The molecule has 5 nitrogen and oxygen atoms in total. The van der Waals surface area contributed by atoms with E-state index in [4.69, 9.17) is 9.52 Å². The molecule has 1 atom stereocenters. The van der Waals surface area contributed by atoms with Gasteiger partial charge in [0, 0.05) is 25.0 Å². The average Bonchev–Trinajstić information content (AvgIpc) is 3.15. The number of rotatable bonds is 6. The molecule has 1 aliphatic heterocycles. The van der Waals surface area contributed by atoms with Crippen molar-refractivity contribution in [2.75, 3.05) is 6.54 Å². The summed E-state index contributed by atoms with van der Waals surface area (Å²) in [6, 6.07) is 4.44. The predicted molar refractivity (Wildman–Crippen MR) is 84.3 cm³/mol. The van der Waals surface area contributed by atoms with E-state index in [1.807, 2.05) is 18.3 Å². The highest BCUT2D eigenvalue weighted by Crippen LogP contribution is 2.23. The van der Waals surface area contributed by atoms with Crippen LogP contribution in [0.5, 0.6) is 0 Å². The molecule has 1 saturated heterocycles. The summed E-state index contributed by atoms with van der Waals surface area (Å²) in [5.41, 5.74) is 0. The Kier molecular flexibility index (Phi) is 4.95. The summed E-state index contributed by atoms with van der Waals surface area (Å²) in [7, 11) is 0. The van der Waals surface area contributed by atoms with E-state index in [2.05, 4.69) is 27.6 Å². The molecule has 0 saturated carbocycles. The summed E-state index contributed by atoms with van der Waals surface area (Å²) < 4.78 is 7.87. The summed E-state index contributed by atoms with van der Waals surface area (Å²) in [6.45, 7) is 5.02. The molecule has 0 spiro atoms. The average molecular weight is 303 g/mol. The Hall–Kier alpha value is -1.59. The summed E-state index contributed by atoms with van der Waals surface area (Å²) in [5.74, 6) is 2.69. The van der Waals surface area contributed by atoms with E-state index in [1.165, 1.54) is 19.3 Å². The van der Waals surface area contributed by atoms with E-state index in [9.17, 15) is 0 Å². The van der Waals surface area contributed by atoms with Crippen LogP contribution in [0.15, 0.2) is 28.9 Å². The molecular weight excluding hydrogens is 278 g/mol. The highest BCUT2D eigenvalue weighted by Gasteiger charge is 2.23. The van der Waals surface area contributed by atoms with Crippen LogP contribution in [0.2, 0.25) is 0 Å². The monoisotopic (exact) mass is 303 g/mol. The first-order valence-corrected chi connectivity index (χ1v) is 8.16. The third kappa shape index (κ3) is 3.59. The van der Waals surface area contributed by atoms with Crippen LogP contribution < -0.4 is 0 Å². The van der Waals surface area contributed by atoms with Crippen LogP contribution in [0.4, 0.5) is 0 Å². The maximum Gasteiger partial charge on any atom is 0.129 e. The van der Waals surface area contributed by atoms with Gasteiger partial charge in [-0.3, -0.25) is 4.90 Å². The Morgan fingerprint density at radius 3 is 2.91 bits per heavy atom. The molecule has 1 unspecified atom stereocenters. The summed E-state index contributed by atoms with van der Waals surface area (Å²) >= 11 is 0. The largest absolute Gasteiger partial charge is 0.462 e. The normalized spacial score (nSPS) is 19.6. The minimum Gasteiger partial charge on any atom is -0.462 e. The molecule has 3 heterocycles. The van der Waals surface area contributed by atoms with Gasteiger partial charge in [0.05, 0.1) is 6.54 Å². The smallest absolute Gasteiger partial charge is 0.129 e. The molecule has 1 N–H and O–H groups in total. The van der Waals surface area contributed by atoms with Crippen molar-refractivity contribution in [2.24, 2.45) is 0 Å². The third-order valence-corrected chi connectivity index (χ3v) is 4.61. The lowest BCUT2D eigenvalue weighted by Gasteiger charge is -2.35. The molecule has 0 bridgehead atoms. The molecule has 0 amide bonds. The van der Waals surface area contributed by atoms with Crippen LogP contribution in [-0.2, 0) is 19.7 Å². The van der Waals surface area contributed by atoms with Crippen molar-refractivity contribution in [3.8, 4) is 0 Å². The maximum atomic E-state index is 9.11. The van der Waals surface area contributed by atoms with Gasteiger partial charge < -0.3 is 14.1 Å². The molecule has 120 valence electrons. The van der Waals surface area contributed by atoms with Gasteiger partial charge in [0.15, 0.2) is 0 Å². The molecule has 0 aromatic carbocycles. The van der Waals surface area contributed by atoms with Gasteiger partial charge in [-0.2, -0.15) is 0 Å². The molecule has 2 aromatic rings. The van der Waals surface area contributed by atoms with Crippen LogP contribution in [0.25, 0.3) is 0 Å². The quantitative estimate of drug-likeness (QED) is 0.891. The SMILES string of the molecule is Cc1nccn1CCC1CCCCN1Cc1ccc(CO)o1. The van der Waals surface area contributed by atoms with E-state index in [0.717, 1.165) is 37.6 Å². The van der Waals surface area contributed by atoms with Gasteiger partial charge in [-0.15, -0.1) is 0 Å². The van der Waals surface area contributed by atoms with E-state index < -0.39 is 0 Å². The molecule has 0 radical (unpaired) electrons. The van der Waals surface area contributed by atoms with Crippen molar-refractivity contribution in [2.45, 2.75) is 58.3 Å². The number of imidazole rings is 1. The Balaban J connectivity index is 1.59. The molecule has 1 fully saturated rings. The lowest BCUT2D eigenvalue weighted by Crippen LogP contribution is -2.39. The fraction of sp³-hybridized carbons (Fsp3) is 0.588. The number of furan rings is 1. The highest BCUT2D eigenvalue weighted by atomic mass is 16.4. The molecule has 22 heavy (non-hydrogen) atoms. The number of piperidine rings is 1. The van der Waals surface area contributed by atoms with Crippen LogP contribution in [0.3, 0.4) is 0 Å². The first kappa shape index (κ1) is 15.3. The zero-order chi connectivity index (χ0) is 15.4. The number of hydrogen-bond acceptors (Lipinski definition) is 4. The fourth-order valence-electron chi connectivity index (χ4n) is 3.32. The minimum atomic E-state index is -0.0245. The van der Waals surface area contributed by atoms with Crippen LogP contribution >= 0.6 is 0 Å². The van der Waals surface area contributed by atoms with E-state index in [-0.39, 0.29) is 6.61 Å². The summed E-state index contributed by atoms with van der Waals surface area (Å²) in [4.78, 5) is 6.81. The van der Waals surface area contributed by atoms with Gasteiger partial charge in [-0.1, -0.05) is 6.42 Å². The second-order valence-electron chi connectivity index (χ2n) is 6.10. The second kappa shape index (κ2) is 7.11. The van der Waals surface area contributed by atoms with E-state index in [1.54, 1.807) is 0 Å². The minimum absolute atomic E-state index is 0.0245. The number of aryl methyl sites for hydroxylation is 2. The molecule has 5 heteroatoms. The Bertz CT molecular complexity index is 590. The first-order valence-electron chi connectivity index (χ1n) is 8.16. The predicted octanol–water partition coefficient (Wildman–Crippen LogP) is 2.72. The number of nitrogens with zero attached hydrogens (tertiary/aromatic N) is 3. The molecule has 2 aromatic heterocycles. The first-order chi connectivity index (χ1) is 10.8. The summed E-state index contributed by atoms with van der Waals surface area (Å²) in [5, 5.41) is 9.11. The summed E-state index contributed by atoms with van der Waals surface area (Å²) in [6.07, 6.45) is 8.89. The zero-order valence-electron chi connectivity index (χ0n) is 13.2. The Morgan fingerprint density at radius 1 is 1.32 bits per heavy atom. The topological polar surface area (TPSA) is 54.4 Å². The van der Waals surface area contributed by atoms with Crippen molar-refractivity contribution < 1.29 is 9.52 Å². The fourth-order valence-corrected chi connectivity index (χ4v) is 3.32.